The molecule has 138 valence electrons. The molecule has 0 aliphatic carbocycles. The van der Waals surface area contributed by atoms with Crippen LogP contribution in [0.15, 0.2) is 48.6 Å². The third-order valence-electron chi connectivity index (χ3n) is 3.65. The molecule has 1 rings (SSSR count). The number of unbranched alkanes of at least 4 members (excludes halogenated alkanes) is 1. The Bertz CT molecular complexity index is 560. The first-order valence-corrected chi connectivity index (χ1v) is 8.73. The highest BCUT2D eigenvalue weighted by atomic mass is 16.7. The Kier molecular flexibility index (Phi) is 9.63. The number of rotatable bonds is 11. The van der Waals surface area contributed by atoms with Crippen LogP contribution in [0, 0.1) is 0 Å². The minimum atomic E-state index is -0.327. The predicted molar refractivity (Wildman–Crippen MR) is 101 cm³/mol. The van der Waals surface area contributed by atoms with Gasteiger partial charge in [-0.3, -0.25) is 4.79 Å². The lowest BCUT2D eigenvalue weighted by Gasteiger charge is -2.17. The highest BCUT2D eigenvalue weighted by Crippen LogP contribution is 2.26. The molecule has 0 N–H and O–H groups in total. The van der Waals surface area contributed by atoms with Gasteiger partial charge in [-0.2, -0.15) is 0 Å². The predicted octanol–water partition coefficient (Wildman–Crippen LogP) is 5.01. The van der Waals surface area contributed by atoms with E-state index in [9.17, 15) is 4.79 Å². The maximum Gasteiger partial charge on any atom is 0.302 e. The smallest absolute Gasteiger partial charge is 0.302 e. The third-order valence-corrected chi connectivity index (χ3v) is 3.65. The van der Waals surface area contributed by atoms with Crippen molar-refractivity contribution in [1.82, 2.24) is 0 Å². The number of allylic oxidation sites excluding steroid dienone is 3. The fourth-order valence-corrected chi connectivity index (χ4v) is 2.40. The Balaban J connectivity index is 2.39. The molecule has 0 amide bonds. The van der Waals surface area contributed by atoms with Gasteiger partial charge in [-0.1, -0.05) is 36.4 Å². The first kappa shape index (κ1) is 21.0. The second kappa shape index (κ2) is 11.5. The minimum Gasteiger partial charge on any atom is -0.466 e. The van der Waals surface area contributed by atoms with Crippen LogP contribution >= 0.6 is 0 Å². The van der Waals surface area contributed by atoms with E-state index < -0.39 is 0 Å². The SMILES string of the molecule is C=C(C)C(/C=C\C)c1ccc(OC(C)OCCCCOC(C)=O)cc1. The first-order chi connectivity index (χ1) is 11.9. The maximum absolute atomic E-state index is 10.6. The topological polar surface area (TPSA) is 44.8 Å². The Morgan fingerprint density at radius 2 is 1.80 bits per heavy atom. The average molecular weight is 346 g/mol. The van der Waals surface area contributed by atoms with Crippen molar-refractivity contribution in [2.45, 2.75) is 52.7 Å². The molecule has 2 unspecified atom stereocenters. The van der Waals surface area contributed by atoms with Gasteiger partial charge >= 0.3 is 5.97 Å². The van der Waals surface area contributed by atoms with E-state index in [1.807, 2.05) is 39.0 Å². The van der Waals surface area contributed by atoms with Crippen molar-refractivity contribution in [3.05, 3.63) is 54.1 Å². The zero-order chi connectivity index (χ0) is 18.7. The Hall–Kier alpha value is -2.07. The quantitative estimate of drug-likeness (QED) is 0.245. The van der Waals surface area contributed by atoms with Gasteiger partial charge in [0.05, 0.1) is 13.2 Å². The summed E-state index contributed by atoms with van der Waals surface area (Å²) in [5.74, 6) is 0.756. The molecule has 1 aromatic carbocycles. The van der Waals surface area contributed by atoms with Gasteiger partial charge in [0.15, 0.2) is 6.29 Å². The van der Waals surface area contributed by atoms with Crippen molar-refractivity contribution in [3.8, 4) is 5.75 Å². The van der Waals surface area contributed by atoms with E-state index in [0.29, 0.717) is 13.2 Å². The summed E-state index contributed by atoms with van der Waals surface area (Å²) >= 11 is 0. The summed E-state index contributed by atoms with van der Waals surface area (Å²) in [6, 6.07) is 8.02. The number of hydrogen-bond donors (Lipinski definition) is 0. The fraction of sp³-hybridized carbons (Fsp3) is 0.476. The summed E-state index contributed by atoms with van der Waals surface area (Å²) in [6.45, 7) is 12.4. The summed E-state index contributed by atoms with van der Waals surface area (Å²) in [6.07, 6.45) is 5.46. The highest BCUT2D eigenvalue weighted by Gasteiger charge is 2.09. The zero-order valence-electron chi connectivity index (χ0n) is 15.8. The lowest BCUT2D eigenvalue weighted by atomic mass is 9.92. The maximum atomic E-state index is 10.6. The van der Waals surface area contributed by atoms with Gasteiger partial charge in [-0.25, -0.2) is 0 Å². The van der Waals surface area contributed by atoms with E-state index in [-0.39, 0.29) is 18.2 Å². The number of benzene rings is 1. The molecule has 0 aliphatic heterocycles. The van der Waals surface area contributed by atoms with Crippen molar-refractivity contribution >= 4 is 5.97 Å². The highest BCUT2D eigenvalue weighted by molar-refractivity contribution is 5.65. The minimum absolute atomic E-state index is 0.227. The average Bonchev–Trinajstić information content (AvgIpc) is 2.56. The van der Waals surface area contributed by atoms with Gasteiger partial charge in [-0.15, -0.1) is 0 Å². The fourth-order valence-electron chi connectivity index (χ4n) is 2.40. The Labute approximate surface area is 151 Å². The van der Waals surface area contributed by atoms with E-state index in [0.717, 1.165) is 24.2 Å². The van der Waals surface area contributed by atoms with Crippen molar-refractivity contribution in [1.29, 1.82) is 0 Å². The summed E-state index contributed by atoms with van der Waals surface area (Å²) in [5, 5.41) is 0. The van der Waals surface area contributed by atoms with Crippen molar-refractivity contribution in [3.63, 3.8) is 0 Å². The molecule has 4 nitrogen and oxygen atoms in total. The molecule has 0 bridgehead atoms. The van der Waals surface area contributed by atoms with Crippen LogP contribution in [0.1, 0.15) is 52.0 Å². The molecule has 4 heteroatoms. The number of carbonyl (C=O) groups excluding carboxylic acids is 1. The van der Waals surface area contributed by atoms with E-state index in [1.165, 1.54) is 12.5 Å². The van der Waals surface area contributed by atoms with Crippen LogP contribution in [-0.2, 0) is 14.3 Å². The van der Waals surface area contributed by atoms with Crippen molar-refractivity contribution in [2.24, 2.45) is 0 Å². The van der Waals surface area contributed by atoms with Crippen LogP contribution in [0.5, 0.6) is 5.75 Å². The summed E-state index contributed by atoms with van der Waals surface area (Å²) in [7, 11) is 0. The monoisotopic (exact) mass is 346 g/mol. The summed E-state index contributed by atoms with van der Waals surface area (Å²) in [5.41, 5.74) is 2.30. The van der Waals surface area contributed by atoms with E-state index >= 15 is 0 Å². The molecule has 0 aliphatic rings. The van der Waals surface area contributed by atoms with Crippen LogP contribution in [0.4, 0.5) is 0 Å². The summed E-state index contributed by atoms with van der Waals surface area (Å²) in [4.78, 5) is 10.6. The van der Waals surface area contributed by atoms with Crippen LogP contribution in [0.3, 0.4) is 0 Å². The molecular weight excluding hydrogens is 316 g/mol. The third kappa shape index (κ3) is 8.54. The standard InChI is InChI=1S/C21H30O4/c1-6-9-21(16(2)3)19-10-12-20(13-11-19)25-18(5)24-15-8-7-14-23-17(4)22/h6,9-13,18,21H,2,7-8,14-15H2,1,3-5H3/b9-6-. The normalized spacial score (nSPS) is 13.4. The zero-order valence-corrected chi connectivity index (χ0v) is 15.8. The molecule has 0 saturated heterocycles. The number of carbonyl (C=O) groups is 1. The molecule has 0 saturated carbocycles. The molecule has 0 fully saturated rings. The molecule has 0 heterocycles. The molecule has 1 aromatic rings. The van der Waals surface area contributed by atoms with Gasteiger partial charge in [0.2, 0.25) is 0 Å². The van der Waals surface area contributed by atoms with E-state index in [4.69, 9.17) is 14.2 Å². The number of hydrogen-bond acceptors (Lipinski definition) is 4. The van der Waals surface area contributed by atoms with E-state index in [2.05, 4.69) is 24.8 Å². The lowest BCUT2D eigenvalue weighted by Crippen LogP contribution is -2.17. The largest absolute Gasteiger partial charge is 0.466 e. The molecule has 0 aromatic heterocycles. The Morgan fingerprint density at radius 3 is 2.36 bits per heavy atom. The second-order valence-electron chi connectivity index (χ2n) is 6.02. The van der Waals surface area contributed by atoms with Crippen LogP contribution in [0.25, 0.3) is 0 Å². The molecule has 0 radical (unpaired) electrons. The van der Waals surface area contributed by atoms with Gasteiger partial charge in [0, 0.05) is 12.8 Å². The molecule has 2 atom stereocenters. The lowest BCUT2D eigenvalue weighted by molar-refractivity contribution is -0.141. The molecular formula is C21H30O4. The summed E-state index contributed by atoms with van der Waals surface area (Å²) < 4.78 is 16.3. The van der Waals surface area contributed by atoms with Crippen LogP contribution < -0.4 is 4.74 Å². The van der Waals surface area contributed by atoms with Crippen LogP contribution in [0.2, 0.25) is 0 Å². The molecule has 25 heavy (non-hydrogen) atoms. The van der Waals surface area contributed by atoms with E-state index in [1.54, 1.807) is 0 Å². The van der Waals surface area contributed by atoms with Crippen molar-refractivity contribution in [2.75, 3.05) is 13.2 Å². The Morgan fingerprint density at radius 1 is 1.16 bits per heavy atom. The van der Waals surface area contributed by atoms with Crippen molar-refractivity contribution < 1.29 is 19.0 Å². The number of ether oxygens (including phenoxy) is 3. The van der Waals surface area contributed by atoms with Gasteiger partial charge in [0.25, 0.3) is 0 Å². The number of esters is 1. The second-order valence-corrected chi connectivity index (χ2v) is 6.02. The first-order valence-electron chi connectivity index (χ1n) is 8.73. The van der Waals surface area contributed by atoms with Gasteiger partial charge in [-0.05, 0) is 51.3 Å². The van der Waals surface area contributed by atoms with Gasteiger partial charge in [0.1, 0.15) is 5.75 Å². The molecule has 0 spiro atoms. The van der Waals surface area contributed by atoms with Gasteiger partial charge < -0.3 is 14.2 Å². The van der Waals surface area contributed by atoms with Crippen LogP contribution in [-0.4, -0.2) is 25.5 Å².